The molecule has 0 spiro atoms. The van der Waals surface area contributed by atoms with Crippen LogP contribution in [0.4, 0.5) is 0 Å². The van der Waals surface area contributed by atoms with Crippen LogP contribution in [-0.4, -0.2) is 13.1 Å². The first-order chi connectivity index (χ1) is 5.22. The van der Waals surface area contributed by atoms with Crippen LogP contribution in [0.1, 0.15) is 33.1 Å². The van der Waals surface area contributed by atoms with Crippen LogP contribution in [0, 0.1) is 0 Å². The van der Waals surface area contributed by atoms with E-state index in [-0.39, 0.29) is 0 Å². The molecule has 0 N–H and O–H groups in total. The van der Waals surface area contributed by atoms with E-state index in [2.05, 4.69) is 25.2 Å². The molecule has 0 bridgehead atoms. The van der Waals surface area contributed by atoms with Gasteiger partial charge in [-0.1, -0.05) is 39.7 Å². The molecule has 0 rings (SSSR count). The second-order valence-corrected chi connectivity index (χ2v) is 2.08. The second-order valence-electron chi connectivity index (χ2n) is 2.08. The molecule has 0 amide bonds. The maximum atomic E-state index is 9.84. The zero-order valence-corrected chi connectivity index (χ0v) is 7.72. The van der Waals surface area contributed by atoms with Gasteiger partial charge in [0.2, 0.25) is 0 Å². The van der Waals surface area contributed by atoms with Gasteiger partial charge in [-0.15, -0.1) is 0 Å². The van der Waals surface area contributed by atoms with Crippen molar-refractivity contribution < 1.29 is 9.53 Å². The Morgan fingerprint density at radius 3 is 1.91 bits per heavy atom. The van der Waals surface area contributed by atoms with E-state index in [9.17, 15) is 4.79 Å². The van der Waals surface area contributed by atoms with Crippen molar-refractivity contribution in [2.24, 2.45) is 0 Å². The third-order valence-corrected chi connectivity index (χ3v) is 1.07. The summed E-state index contributed by atoms with van der Waals surface area (Å²) in [4.78, 5) is 9.84. The van der Waals surface area contributed by atoms with Crippen molar-refractivity contribution in [2.75, 3.05) is 7.11 Å². The fourth-order valence-corrected chi connectivity index (χ4v) is 0.437. The fourth-order valence-electron chi connectivity index (χ4n) is 0.437. The van der Waals surface area contributed by atoms with Gasteiger partial charge in [0.15, 0.2) is 0 Å². The Morgan fingerprint density at radius 1 is 1.45 bits per heavy atom. The first kappa shape index (κ1) is 12.8. The molecule has 0 saturated carbocycles. The predicted octanol–water partition coefficient (Wildman–Crippen LogP) is 2.54. The average Bonchev–Trinajstić information content (AvgIpc) is 2.06. The summed E-state index contributed by atoms with van der Waals surface area (Å²) in [5.74, 6) is -0.394. The van der Waals surface area contributed by atoms with Crippen molar-refractivity contribution >= 4 is 5.97 Å². The maximum Gasteiger partial charge on any atom is 0.329 e. The van der Waals surface area contributed by atoms with E-state index in [0.717, 1.165) is 6.08 Å². The van der Waals surface area contributed by atoms with Gasteiger partial charge in [-0.25, -0.2) is 4.79 Å². The minimum atomic E-state index is -0.394. The Bertz CT molecular complexity index is 95.7. The molecule has 2 heteroatoms. The molecule has 11 heavy (non-hydrogen) atoms. The summed E-state index contributed by atoms with van der Waals surface area (Å²) in [5, 5.41) is 0. The summed E-state index contributed by atoms with van der Waals surface area (Å²) in [7, 11) is 1.31. The highest BCUT2D eigenvalue weighted by Gasteiger charge is 1.81. The lowest BCUT2D eigenvalue weighted by Gasteiger charge is -1.83. The second kappa shape index (κ2) is 11.9. The molecule has 0 aromatic heterocycles. The lowest BCUT2D eigenvalue weighted by molar-refractivity contribution is -0.134. The molecule has 0 aliphatic heterocycles. The van der Waals surface area contributed by atoms with Crippen LogP contribution < -0.4 is 0 Å². The molecular weight excluding hydrogens is 140 g/mol. The largest absolute Gasteiger partial charge is 0.466 e. The number of hydrogen-bond donors (Lipinski definition) is 0. The van der Waals surface area contributed by atoms with Crippen LogP contribution in [-0.2, 0) is 9.53 Å². The van der Waals surface area contributed by atoms with Crippen molar-refractivity contribution in [3.05, 3.63) is 12.7 Å². The third-order valence-electron chi connectivity index (χ3n) is 1.07. The quantitative estimate of drug-likeness (QED) is 0.466. The molecule has 0 heterocycles. The Hall–Kier alpha value is -0.790. The number of ether oxygens (including phenoxy) is 1. The predicted molar refractivity (Wildman–Crippen MR) is 47.4 cm³/mol. The first-order valence-corrected chi connectivity index (χ1v) is 3.93. The van der Waals surface area contributed by atoms with Gasteiger partial charge >= 0.3 is 5.97 Å². The Morgan fingerprint density at radius 2 is 1.91 bits per heavy atom. The Labute approximate surface area is 69.3 Å². The molecule has 0 aliphatic carbocycles. The third kappa shape index (κ3) is 17.6. The molecule has 66 valence electrons. The van der Waals surface area contributed by atoms with Gasteiger partial charge in [0.25, 0.3) is 0 Å². The standard InChI is InChI=1S/C5H12.C4H6O2/c1-3-5-4-2;1-3-4(5)6-2/h3-5H2,1-2H3;3H,1H2,2H3. The number of carbonyl (C=O) groups is 1. The molecule has 0 unspecified atom stereocenters. The molecule has 0 radical (unpaired) electrons. The minimum absolute atomic E-state index is 0.394. The van der Waals surface area contributed by atoms with Crippen molar-refractivity contribution in [1.29, 1.82) is 0 Å². The summed E-state index contributed by atoms with van der Waals surface area (Å²) in [5.41, 5.74) is 0. The van der Waals surface area contributed by atoms with Gasteiger partial charge in [-0.05, 0) is 0 Å². The molecule has 0 atom stereocenters. The van der Waals surface area contributed by atoms with E-state index in [4.69, 9.17) is 0 Å². The minimum Gasteiger partial charge on any atom is -0.466 e. The van der Waals surface area contributed by atoms with Crippen LogP contribution in [0.25, 0.3) is 0 Å². The van der Waals surface area contributed by atoms with Crippen LogP contribution in [0.15, 0.2) is 12.7 Å². The zero-order chi connectivity index (χ0) is 9.11. The van der Waals surface area contributed by atoms with Crippen LogP contribution >= 0.6 is 0 Å². The van der Waals surface area contributed by atoms with Gasteiger partial charge in [-0.2, -0.15) is 0 Å². The molecule has 0 aromatic carbocycles. The van der Waals surface area contributed by atoms with Crippen LogP contribution in [0.5, 0.6) is 0 Å². The maximum absolute atomic E-state index is 9.84. The molecule has 0 saturated heterocycles. The summed E-state index contributed by atoms with van der Waals surface area (Å²) >= 11 is 0. The Kier molecular flexibility index (Phi) is 13.9. The van der Waals surface area contributed by atoms with Crippen LogP contribution in [0.3, 0.4) is 0 Å². The highest BCUT2D eigenvalue weighted by Crippen LogP contribution is 1.88. The average molecular weight is 158 g/mol. The van der Waals surface area contributed by atoms with Gasteiger partial charge in [-0.3, -0.25) is 0 Å². The molecule has 0 aromatic rings. The Balaban J connectivity index is 0. The van der Waals surface area contributed by atoms with E-state index in [0.29, 0.717) is 0 Å². The number of methoxy groups -OCH3 is 1. The van der Waals surface area contributed by atoms with Gasteiger partial charge in [0.05, 0.1) is 7.11 Å². The van der Waals surface area contributed by atoms with Crippen molar-refractivity contribution in [3.8, 4) is 0 Å². The van der Waals surface area contributed by atoms with E-state index >= 15 is 0 Å². The molecule has 0 aliphatic rings. The summed E-state index contributed by atoms with van der Waals surface area (Å²) < 4.78 is 4.14. The highest BCUT2D eigenvalue weighted by atomic mass is 16.5. The topological polar surface area (TPSA) is 26.3 Å². The van der Waals surface area contributed by atoms with Crippen molar-refractivity contribution in [2.45, 2.75) is 33.1 Å². The summed E-state index contributed by atoms with van der Waals surface area (Å²) in [6, 6.07) is 0. The number of unbranched alkanes of at least 4 members (excludes halogenated alkanes) is 2. The number of carbonyl (C=O) groups excluding carboxylic acids is 1. The first-order valence-electron chi connectivity index (χ1n) is 3.93. The van der Waals surface area contributed by atoms with Crippen molar-refractivity contribution in [1.82, 2.24) is 0 Å². The van der Waals surface area contributed by atoms with E-state index in [1.165, 1.54) is 26.4 Å². The fraction of sp³-hybridized carbons (Fsp3) is 0.667. The van der Waals surface area contributed by atoms with Crippen molar-refractivity contribution in [3.63, 3.8) is 0 Å². The number of hydrogen-bond acceptors (Lipinski definition) is 2. The van der Waals surface area contributed by atoms with E-state index in [1.54, 1.807) is 0 Å². The molecule has 2 nitrogen and oxygen atoms in total. The van der Waals surface area contributed by atoms with E-state index < -0.39 is 5.97 Å². The monoisotopic (exact) mass is 158 g/mol. The van der Waals surface area contributed by atoms with Gasteiger partial charge < -0.3 is 4.74 Å². The zero-order valence-electron chi connectivity index (χ0n) is 7.72. The smallest absolute Gasteiger partial charge is 0.329 e. The van der Waals surface area contributed by atoms with Crippen LogP contribution in [0.2, 0.25) is 0 Å². The lowest BCUT2D eigenvalue weighted by Crippen LogP contribution is -1.91. The molecule has 0 fully saturated rings. The van der Waals surface area contributed by atoms with Gasteiger partial charge in [0.1, 0.15) is 0 Å². The normalized spacial score (nSPS) is 7.55. The lowest BCUT2D eigenvalue weighted by atomic mass is 10.3. The van der Waals surface area contributed by atoms with E-state index in [1.807, 2.05) is 0 Å². The van der Waals surface area contributed by atoms with Gasteiger partial charge in [0, 0.05) is 6.08 Å². The molecular formula is C9H18O2. The summed E-state index contributed by atoms with van der Waals surface area (Å²) in [6.45, 7) is 7.58. The number of rotatable bonds is 3. The summed E-state index contributed by atoms with van der Waals surface area (Å²) in [6.07, 6.45) is 5.19. The number of esters is 1. The SMILES string of the molecule is C=CC(=O)OC.CCCCC. The highest BCUT2D eigenvalue weighted by molar-refractivity contribution is 5.80.